The summed E-state index contributed by atoms with van der Waals surface area (Å²) in [6.07, 6.45) is 5.14. The third-order valence-corrected chi connectivity index (χ3v) is 2.62. The predicted molar refractivity (Wildman–Crippen MR) is 53.3 cm³/mol. The molecule has 0 amide bonds. The summed E-state index contributed by atoms with van der Waals surface area (Å²) in [6.45, 7) is 0. The average molecular weight is 218 g/mol. The largest absolute Gasteiger partial charge is 0.366 e. The van der Waals surface area contributed by atoms with E-state index in [1.165, 1.54) is 25.5 Å². The second-order valence-corrected chi connectivity index (χ2v) is 3.85. The highest BCUT2D eigenvalue weighted by atomic mass is 35.5. The van der Waals surface area contributed by atoms with Crippen LogP contribution in [0.1, 0.15) is 19.3 Å². The minimum absolute atomic E-state index is 0.228. The van der Waals surface area contributed by atoms with Crippen molar-refractivity contribution in [2.45, 2.75) is 25.3 Å². The molecule has 0 atom stereocenters. The Morgan fingerprint density at radius 1 is 1.38 bits per heavy atom. The van der Waals surface area contributed by atoms with Gasteiger partial charge in [-0.15, -0.1) is 0 Å². The van der Waals surface area contributed by atoms with Gasteiger partial charge in [0.2, 0.25) is 5.28 Å². The van der Waals surface area contributed by atoms with E-state index in [1.54, 1.807) is 0 Å². The second kappa shape index (κ2) is 3.68. The van der Waals surface area contributed by atoms with Gasteiger partial charge in [-0.25, -0.2) is 4.98 Å². The monoisotopic (exact) mass is 217 g/mol. The number of rotatable bonds is 2. The molecule has 1 saturated carbocycles. The summed E-state index contributed by atoms with van der Waals surface area (Å²) in [6, 6.07) is 0.503. The Kier molecular flexibility index (Phi) is 2.56. The normalized spacial score (nSPS) is 16.8. The maximum Gasteiger partial charge on any atom is 0.224 e. The van der Waals surface area contributed by atoms with E-state index in [2.05, 4.69) is 15.3 Å². The summed E-state index contributed by atoms with van der Waals surface area (Å²) < 4.78 is 0. The number of aromatic nitrogens is 2. The molecule has 70 valence electrons. The minimum atomic E-state index is 0.228. The van der Waals surface area contributed by atoms with Crippen LogP contribution in [-0.4, -0.2) is 16.0 Å². The SMILES string of the molecule is Clc1ncc(Cl)c(NC2CCC2)n1. The van der Waals surface area contributed by atoms with Gasteiger partial charge in [0, 0.05) is 6.04 Å². The first-order valence-corrected chi connectivity index (χ1v) is 4.96. The van der Waals surface area contributed by atoms with Crippen LogP contribution in [0.2, 0.25) is 10.3 Å². The molecule has 1 heterocycles. The Morgan fingerprint density at radius 3 is 2.77 bits per heavy atom. The topological polar surface area (TPSA) is 37.8 Å². The van der Waals surface area contributed by atoms with Crippen molar-refractivity contribution >= 4 is 29.0 Å². The fraction of sp³-hybridized carbons (Fsp3) is 0.500. The molecule has 1 aliphatic carbocycles. The zero-order chi connectivity index (χ0) is 9.26. The molecule has 13 heavy (non-hydrogen) atoms. The molecule has 1 fully saturated rings. The van der Waals surface area contributed by atoms with E-state index in [1.807, 2.05) is 0 Å². The van der Waals surface area contributed by atoms with Crippen LogP contribution in [0.5, 0.6) is 0 Å². The quantitative estimate of drug-likeness (QED) is 0.775. The molecular formula is C8H9Cl2N3. The summed E-state index contributed by atoms with van der Waals surface area (Å²) in [4.78, 5) is 7.78. The van der Waals surface area contributed by atoms with E-state index in [-0.39, 0.29) is 5.28 Å². The third kappa shape index (κ3) is 2.03. The smallest absolute Gasteiger partial charge is 0.224 e. The fourth-order valence-corrected chi connectivity index (χ4v) is 1.47. The molecule has 1 N–H and O–H groups in total. The van der Waals surface area contributed by atoms with E-state index in [9.17, 15) is 0 Å². The van der Waals surface area contributed by atoms with E-state index in [4.69, 9.17) is 23.2 Å². The van der Waals surface area contributed by atoms with Gasteiger partial charge >= 0.3 is 0 Å². The predicted octanol–water partition coefficient (Wildman–Crippen LogP) is 2.75. The zero-order valence-electron chi connectivity index (χ0n) is 6.93. The summed E-state index contributed by atoms with van der Waals surface area (Å²) in [7, 11) is 0. The van der Waals surface area contributed by atoms with Gasteiger partial charge in [-0.05, 0) is 30.9 Å². The lowest BCUT2D eigenvalue weighted by molar-refractivity contribution is 0.444. The zero-order valence-corrected chi connectivity index (χ0v) is 8.44. The Bertz CT molecular complexity index is 312. The number of hydrogen-bond donors (Lipinski definition) is 1. The van der Waals surface area contributed by atoms with E-state index in [0.29, 0.717) is 16.9 Å². The molecule has 1 aromatic rings. The van der Waals surface area contributed by atoms with Crippen molar-refractivity contribution in [1.29, 1.82) is 0 Å². The molecule has 0 spiro atoms. The maximum absolute atomic E-state index is 5.88. The molecule has 2 rings (SSSR count). The van der Waals surface area contributed by atoms with Crippen LogP contribution in [-0.2, 0) is 0 Å². The summed E-state index contributed by atoms with van der Waals surface area (Å²) in [5, 5.41) is 3.97. The molecular weight excluding hydrogens is 209 g/mol. The molecule has 0 unspecified atom stereocenters. The molecule has 0 radical (unpaired) electrons. The van der Waals surface area contributed by atoms with Crippen LogP contribution in [0.15, 0.2) is 6.20 Å². The Hall–Kier alpha value is -0.540. The van der Waals surface area contributed by atoms with Gasteiger partial charge in [-0.2, -0.15) is 4.98 Å². The first-order chi connectivity index (χ1) is 6.25. The van der Waals surface area contributed by atoms with Gasteiger partial charge in [0.15, 0.2) is 0 Å². The van der Waals surface area contributed by atoms with Gasteiger partial charge in [-0.3, -0.25) is 0 Å². The summed E-state index contributed by atoms with van der Waals surface area (Å²) >= 11 is 11.5. The standard InChI is InChI=1S/C8H9Cl2N3/c9-6-4-11-8(10)13-7(6)12-5-2-1-3-5/h4-5H,1-3H2,(H,11,12,13). The first kappa shape index (κ1) is 9.03. The van der Waals surface area contributed by atoms with E-state index < -0.39 is 0 Å². The van der Waals surface area contributed by atoms with Crippen LogP contribution in [0.25, 0.3) is 0 Å². The van der Waals surface area contributed by atoms with Crippen molar-refractivity contribution in [3.8, 4) is 0 Å². The third-order valence-electron chi connectivity index (χ3n) is 2.16. The number of hydrogen-bond acceptors (Lipinski definition) is 3. The fourth-order valence-electron chi connectivity index (χ4n) is 1.19. The number of halogens is 2. The molecule has 0 aromatic carbocycles. The lowest BCUT2D eigenvalue weighted by atomic mass is 9.93. The van der Waals surface area contributed by atoms with Crippen molar-refractivity contribution < 1.29 is 0 Å². The summed E-state index contributed by atoms with van der Waals surface area (Å²) in [5.74, 6) is 0.645. The maximum atomic E-state index is 5.88. The first-order valence-electron chi connectivity index (χ1n) is 4.20. The van der Waals surface area contributed by atoms with Crippen LogP contribution < -0.4 is 5.32 Å². The average Bonchev–Trinajstić information content (AvgIpc) is 2.03. The number of nitrogens with zero attached hydrogens (tertiary/aromatic N) is 2. The van der Waals surface area contributed by atoms with Crippen LogP contribution in [0, 0.1) is 0 Å². The van der Waals surface area contributed by atoms with Crippen molar-refractivity contribution in [3.05, 3.63) is 16.5 Å². The molecule has 3 nitrogen and oxygen atoms in total. The highest BCUT2D eigenvalue weighted by molar-refractivity contribution is 6.33. The highest BCUT2D eigenvalue weighted by Gasteiger charge is 2.18. The van der Waals surface area contributed by atoms with Crippen LogP contribution >= 0.6 is 23.2 Å². The van der Waals surface area contributed by atoms with Crippen molar-refractivity contribution in [3.63, 3.8) is 0 Å². The molecule has 0 bridgehead atoms. The highest BCUT2D eigenvalue weighted by Crippen LogP contribution is 2.26. The Balaban J connectivity index is 2.13. The molecule has 1 aromatic heterocycles. The van der Waals surface area contributed by atoms with E-state index >= 15 is 0 Å². The van der Waals surface area contributed by atoms with Gasteiger partial charge in [0.25, 0.3) is 0 Å². The van der Waals surface area contributed by atoms with Gasteiger partial charge in [-0.1, -0.05) is 11.6 Å². The van der Waals surface area contributed by atoms with Crippen molar-refractivity contribution in [1.82, 2.24) is 9.97 Å². The Labute approximate surface area is 86.5 Å². The van der Waals surface area contributed by atoms with Crippen LogP contribution in [0.4, 0.5) is 5.82 Å². The lowest BCUT2D eigenvalue weighted by Gasteiger charge is -2.27. The van der Waals surface area contributed by atoms with Gasteiger partial charge in [0.05, 0.1) is 6.20 Å². The van der Waals surface area contributed by atoms with Crippen LogP contribution in [0.3, 0.4) is 0 Å². The lowest BCUT2D eigenvalue weighted by Crippen LogP contribution is -2.27. The summed E-state index contributed by atoms with van der Waals surface area (Å²) in [5.41, 5.74) is 0. The second-order valence-electron chi connectivity index (χ2n) is 3.11. The van der Waals surface area contributed by atoms with Gasteiger partial charge in [0.1, 0.15) is 10.8 Å². The number of nitrogens with one attached hydrogen (secondary N) is 1. The van der Waals surface area contributed by atoms with Crippen molar-refractivity contribution in [2.75, 3.05) is 5.32 Å². The Morgan fingerprint density at radius 2 is 2.15 bits per heavy atom. The van der Waals surface area contributed by atoms with E-state index in [0.717, 1.165) is 0 Å². The molecule has 0 saturated heterocycles. The molecule has 0 aliphatic heterocycles. The molecule has 5 heteroatoms. The number of anilines is 1. The molecule has 1 aliphatic rings. The van der Waals surface area contributed by atoms with Crippen molar-refractivity contribution in [2.24, 2.45) is 0 Å². The van der Waals surface area contributed by atoms with Gasteiger partial charge < -0.3 is 5.32 Å². The minimum Gasteiger partial charge on any atom is -0.366 e.